The Morgan fingerprint density at radius 1 is 1.36 bits per heavy atom. The van der Waals surface area contributed by atoms with Crippen LogP contribution in [0.3, 0.4) is 0 Å². The molecule has 1 unspecified atom stereocenters. The van der Waals surface area contributed by atoms with Crippen LogP contribution in [-0.4, -0.2) is 65.5 Å². The molecule has 9 heteroatoms. The predicted octanol–water partition coefficient (Wildman–Crippen LogP) is 2.09. The molecule has 0 spiro atoms. The molecule has 1 aromatic carbocycles. The number of benzene rings is 1. The van der Waals surface area contributed by atoms with E-state index in [1.165, 1.54) is 9.80 Å². The molecule has 2 aliphatic heterocycles. The Balaban J connectivity index is 1.62. The van der Waals surface area contributed by atoms with Crippen molar-refractivity contribution in [1.29, 1.82) is 0 Å². The van der Waals surface area contributed by atoms with Gasteiger partial charge in [-0.1, -0.05) is 66.5 Å². The van der Waals surface area contributed by atoms with E-state index in [-0.39, 0.29) is 35.9 Å². The first-order valence-electron chi connectivity index (χ1n) is 8.70. The van der Waals surface area contributed by atoms with E-state index in [0.717, 1.165) is 17.3 Å². The Morgan fingerprint density at radius 2 is 2.07 bits per heavy atom. The number of hydrogen-bond donors (Lipinski definition) is 0. The minimum Gasteiger partial charge on any atom is -0.340 e. The van der Waals surface area contributed by atoms with Crippen molar-refractivity contribution in [1.82, 2.24) is 9.80 Å². The molecule has 3 rings (SSSR count). The Morgan fingerprint density at radius 3 is 2.71 bits per heavy atom. The lowest BCUT2D eigenvalue weighted by atomic mass is 10.2. The van der Waals surface area contributed by atoms with Gasteiger partial charge in [0.25, 0.3) is 5.91 Å². The van der Waals surface area contributed by atoms with Gasteiger partial charge in [0.05, 0.1) is 16.4 Å². The molecule has 0 radical (unpaired) electrons. The fraction of sp³-hybridized carbons (Fsp3) is 0.316. The summed E-state index contributed by atoms with van der Waals surface area (Å²) in [6, 6.07) is 9.34. The molecule has 0 aliphatic carbocycles. The molecule has 2 heterocycles. The first-order valence-corrected chi connectivity index (χ1v) is 11.7. The van der Waals surface area contributed by atoms with Gasteiger partial charge in [-0.05, 0) is 18.1 Å². The first-order chi connectivity index (χ1) is 13.3. The van der Waals surface area contributed by atoms with Gasteiger partial charge in [-0.2, -0.15) is 0 Å². The maximum absolute atomic E-state index is 12.6. The van der Waals surface area contributed by atoms with Crippen LogP contribution in [0.25, 0.3) is 6.08 Å². The number of sulfone groups is 1. The minimum atomic E-state index is -3.09. The number of amides is 2. The minimum absolute atomic E-state index is 0.0299. The molecule has 148 valence electrons. The van der Waals surface area contributed by atoms with Crippen LogP contribution in [0.5, 0.6) is 0 Å². The number of thiocarbonyl (C=S) groups is 1. The average Bonchev–Trinajstić information content (AvgIpc) is 3.15. The topological polar surface area (TPSA) is 74.8 Å². The summed E-state index contributed by atoms with van der Waals surface area (Å²) in [6.07, 6.45) is 5.77. The number of carbonyl (C=O) groups is 2. The van der Waals surface area contributed by atoms with Crippen molar-refractivity contribution in [3.63, 3.8) is 0 Å². The van der Waals surface area contributed by atoms with Gasteiger partial charge in [-0.15, -0.1) is 0 Å². The first kappa shape index (κ1) is 20.8. The third-order valence-electron chi connectivity index (χ3n) is 4.65. The zero-order chi connectivity index (χ0) is 20.3. The van der Waals surface area contributed by atoms with Gasteiger partial charge in [0.2, 0.25) is 5.91 Å². The maximum atomic E-state index is 12.6. The molecule has 28 heavy (non-hydrogen) atoms. The summed E-state index contributed by atoms with van der Waals surface area (Å²) in [4.78, 5) is 28.3. The van der Waals surface area contributed by atoms with E-state index in [2.05, 4.69) is 0 Å². The Hall–Kier alpha value is -1.97. The van der Waals surface area contributed by atoms with Gasteiger partial charge in [0.15, 0.2) is 9.84 Å². The van der Waals surface area contributed by atoms with E-state index in [0.29, 0.717) is 15.6 Å². The SMILES string of the molecule is CN(C(=O)CN1C(=O)/C(=C\C=C\c2ccccc2)SC1=S)C1CCS(=O)(=O)C1. The van der Waals surface area contributed by atoms with Gasteiger partial charge in [-0.25, -0.2) is 8.42 Å². The van der Waals surface area contributed by atoms with Crippen molar-refractivity contribution in [2.45, 2.75) is 12.5 Å². The van der Waals surface area contributed by atoms with Gasteiger partial charge in [0.1, 0.15) is 10.9 Å². The average molecular weight is 437 g/mol. The fourth-order valence-electron chi connectivity index (χ4n) is 2.99. The van der Waals surface area contributed by atoms with Gasteiger partial charge < -0.3 is 4.90 Å². The number of thioether (sulfide) groups is 1. The molecule has 1 atom stereocenters. The third-order valence-corrected chi connectivity index (χ3v) is 7.80. The second-order valence-corrected chi connectivity index (χ2v) is 10.5. The summed E-state index contributed by atoms with van der Waals surface area (Å²) < 4.78 is 23.6. The van der Waals surface area contributed by atoms with Crippen molar-refractivity contribution in [3.05, 3.63) is 53.0 Å². The monoisotopic (exact) mass is 436 g/mol. The predicted molar refractivity (Wildman–Crippen MR) is 115 cm³/mol. The zero-order valence-corrected chi connectivity index (χ0v) is 17.7. The lowest BCUT2D eigenvalue weighted by Crippen LogP contribution is -2.45. The lowest BCUT2D eigenvalue weighted by Gasteiger charge is -2.25. The Bertz CT molecular complexity index is 955. The van der Waals surface area contributed by atoms with Gasteiger partial charge in [-0.3, -0.25) is 14.5 Å². The number of carbonyl (C=O) groups excluding carboxylic acids is 2. The van der Waals surface area contributed by atoms with Crippen LogP contribution >= 0.6 is 24.0 Å². The van der Waals surface area contributed by atoms with Crippen LogP contribution in [0.2, 0.25) is 0 Å². The standard InChI is InChI=1S/C19H20N2O4S3/c1-20(15-10-11-28(24,25)13-15)17(22)12-21-18(23)16(27-19(21)26)9-5-8-14-6-3-2-4-7-14/h2-9,15H,10-13H2,1H3/b8-5+,16-9+. The van der Waals surface area contributed by atoms with E-state index in [9.17, 15) is 18.0 Å². The maximum Gasteiger partial charge on any atom is 0.266 e. The number of nitrogens with zero attached hydrogens (tertiary/aromatic N) is 2. The fourth-order valence-corrected chi connectivity index (χ4v) is 5.97. The molecule has 6 nitrogen and oxygen atoms in total. The highest BCUT2D eigenvalue weighted by molar-refractivity contribution is 8.26. The van der Waals surface area contributed by atoms with Crippen LogP contribution in [0.1, 0.15) is 12.0 Å². The smallest absolute Gasteiger partial charge is 0.266 e. The molecule has 2 aliphatic rings. The van der Waals surface area contributed by atoms with Crippen molar-refractivity contribution >= 4 is 56.0 Å². The highest BCUT2D eigenvalue weighted by atomic mass is 32.2. The lowest BCUT2D eigenvalue weighted by molar-refractivity contribution is -0.135. The summed E-state index contributed by atoms with van der Waals surface area (Å²) in [5.41, 5.74) is 1.01. The van der Waals surface area contributed by atoms with Crippen LogP contribution in [-0.2, 0) is 19.4 Å². The quantitative estimate of drug-likeness (QED) is 0.520. The van der Waals surface area contributed by atoms with E-state index >= 15 is 0 Å². The van der Waals surface area contributed by atoms with E-state index in [1.807, 2.05) is 36.4 Å². The second-order valence-electron chi connectivity index (χ2n) is 6.62. The molecule has 0 N–H and O–H groups in total. The molecule has 0 saturated carbocycles. The number of rotatable bonds is 5. The summed E-state index contributed by atoms with van der Waals surface area (Å²) >= 11 is 6.40. The molecule has 0 bridgehead atoms. The van der Waals surface area contributed by atoms with Crippen LogP contribution < -0.4 is 0 Å². The largest absolute Gasteiger partial charge is 0.340 e. The van der Waals surface area contributed by atoms with Crippen LogP contribution in [0.15, 0.2) is 47.4 Å². The number of allylic oxidation sites excluding steroid dienone is 2. The van der Waals surface area contributed by atoms with Crippen molar-refractivity contribution < 1.29 is 18.0 Å². The van der Waals surface area contributed by atoms with Crippen LogP contribution in [0, 0.1) is 0 Å². The molecular formula is C19H20N2O4S3. The highest BCUT2D eigenvalue weighted by Crippen LogP contribution is 2.31. The van der Waals surface area contributed by atoms with E-state index in [4.69, 9.17) is 12.2 Å². The van der Waals surface area contributed by atoms with Crippen molar-refractivity contribution in [2.24, 2.45) is 0 Å². The Kier molecular flexibility index (Phi) is 6.36. The second kappa shape index (κ2) is 8.59. The Labute approximate surface area is 174 Å². The normalized spacial score (nSPS) is 23.1. The van der Waals surface area contributed by atoms with Gasteiger partial charge in [0, 0.05) is 13.1 Å². The van der Waals surface area contributed by atoms with Crippen LogP contribution in [0.4, 0.5) is 0 Å². The molecule has 2 amide bonds. The molecule has 1 aromatic rings. The number of likely N-dealkylation sites (N-methyl/N-ethyl adjacent to an activating group) is 1. The third kappa shape index (κ3) is 4.89. The highest BCUT2D eigenvalue weighted by Gasteiger charge is 2.37. The number of hydrogen-bond acceptors (Lipinski definition) is 6. The van der Waals surface area contributed by atoms with Gasteiger partial charge >= 0.3 is 0 Å². The molecule has 0 aromatic heterocycles. The van der Waals surface area contributed by atoms with Crippen molar-refractivity contribution in [2.75, 3.05) is 25.1 Å². The summed E-state index contributed by atoms with van der Waals surface area (Å²) in [7, 11) is -1.51. The van der Waals surface area contributed by atoms with E-state index in [1.54, 1.807) is 19.2 Å². The molecule has 2 fully saturated rings. The summed E-state index contributed by atoms with van der Waals surface area (Å²) in [5, 5.41) is 0. The summed E-state index contributed by atoms with van der Waals surface area (Å²) in [5.74, 6) is -0.571. The summed E-state index contributed by atoms with van der Waals surface area (Å²) in [6.45, 7) is -0.183. The van der Waals surface area contributed by atoms with E-state index < -0.39 is 9.84 Å². The molecule has 2 saturated heterocycles. The zero-order valence-electron chi connectivity index (χ0n) is 15.3. The molecular weight excluding hydrogens is 416 g/mol. The van der Waals surface area contributed by atoms with Crippen molar-refractivity contribution in [3.8, 4) is 0 Å².